The molecule has 0 saturated heterocycles. The van der Waals surface area contributed by atoms with E-state index in [1.165, 1.54) is 34.0 Å². The summed E-state index contributed by atoms with van der Waals surface area (Å²) in [6, 6.07) is 42.3. The summed E-state index contributed by atoms with van der Waals surface area (Å²) in [5.74, 6) is 0. The first-order valence-corrected chi connectivity index (χ1v) is 13.0. The molecule has 6 rings (SSSR count). The predicted octanol–water partition coefficient (Wildman–Crippen LogP) is 9.37. The molecule has 0 unspecified atom stereocenters. The number of aromatic nitrogens is 2. The van der Waals surface area contributed by atoms with E-state index < -0.39 is 0 Å². The second-order valence-electron chi connectivity index (χ2n) is 8.85. The molecule has 1 aromatic heterocycles. The van der Waals surface area contributed by atoms with Crippen LogP contribution >= 0.6 is 11.7 Å². The second-order valence-corrected chi connectivity index (χ2v) is 9.38. The van der Waals surface area contributed by atoms with Crippen LogP contribution in [0.2, 0.25) is 0 Å². The Morgan fingerprint density at radius 3 is 1.11 bits per heavy atom. The SMILES string of the molecule is C(=C\c1ccc(-c2ccc(-c3ccc(/C=C/c4ccccc4)cc3)c3nsnc23)cc1)/c1ccccc1. The van der Waals surface area contributed by atoms with Gasteiger partial charge in [-0.25, -0.2) is 0 Å². The topological polar surface area (TPSA) is 25.8 Å². The van der Waals surface area contributed by atoms with Crippen LogP contribution < -0.4 is 0 Å². The van der Waals surface area contributed by atoms with Crippen molar-refractivity contribution in [2.75, 3.05) is 0 Å². The van der Waals surface area contributed by atoms with E-state index in [2.05, 4.69) is 142 Å². The third kappa shape index (κ3) is 5.18. The zero-order valence-corrected chi connectivity index (χ0v) is 21.0. The molecule has 2 nitrogen and oxygen atoms in total. The maximum atomic E-state index is 4.67. The number of fused-ring (bicyclic) bond motifs is 1. The lowest BCUT2D eigenvalue weighted by molar-refractivity contribution is 1.57. The van der Waals surface area contributed by atoms with Crippen LogP contribution in [0.25, 0.3) is 57.6 Å². The van der Waals surface area contributed by atoms with E-state index in [9.17, 15) is 0 Å². The highest BCUT2D eigenvalue weighted by atomic mass is 32.1. The average molecular weight is 493 g/mol. The third-order valence-electron chi connectivity index (χ3n) is 6.39. The number of rotatable bonds is 6. The van der Waals surface area contributed by atoms with Crippen LogP contribution in [0.1, 0.15) is 22.3 Å². The van der Waals surface area contributed by atoms with Gasteiger partial charge in [0.2, 0.25) is 0 Å². The zero-order chi connectivity index (χ0) is 24.9. The molecule has 176 valence electrons. The summed E-state index contributed by atoms with van der Waals surface area (Å²) in [7, 11) is 0. The smallest absolute Gasteiger partial charge is 0.113 e. The highest BCUT2D eigenvalue weighted by Crippen LogP contribution is 2.35. The van der Waals surface area contributed by atoms with Crippen LogP contribution in [0.5, 0.6) is 0 Å². The normalized spacial score (nSPS) is 11.6. The van der Waals surface area contributed by atoms with Crippen LogP contribution in [0, 0.1) is 0 Å². The quantitative estimate of drug-likeness (QED) is 0.216. The Bertz CT molecular complexity index is 1550. The minimum atomic E-state index is 0.947. The molecule has 0 fully saturated rings. The van der Waals surface area contributed by atoms with Crippen molar-refractivity contribution < 1.29 is 0 Å². The van der Waals surface area contributed by atoms with Crippen LogP contribution in [-0.2, 0) is 0 Å². The van der Waals surface area contributed by atoms with E-state index in [-0.39, 0.29) is 0 Å². The van der Waals surface area contributed by atoms with E-state index in [0.717, 1.165) is 33.3 Å². The van der Waals surface area contributed by atoms with E-state index in [0.29, 0.717) is 0 Å². The standard InChI is InChI=1S/C34H24N2S/c1-3-7-25(8-4-1)11-13-27-15-19-29(20-16-27)31-23-24-32(34-33(31)35-37-36-34)30-21-17-28(18-22-30)14-12-26-9-5-2-6-10-26/h1-24H/b13-11+,14-12+. The molecule has 3 heteroatoms. The van der Waals surface area contributed by atoms with Gasteiger partial charge in [0.15, 0.2) is 0 Å². The molecule has 0 amide bonds. The van der Waals surface area contributed by atoms with Crippen molar-refractivity contribution in [1.29, 1.82) is 0 Å². The molecule has 0 aliphatic carbocycles. The molecule has 0 saturated carbocycles. The molecular formula is C34H24N2S. The van der Waals surface area contributed by atoms with Crippen LogP contribution in [-0.4, -0.2) is 8.75 Å². The van der Waals surface area contributed by atoms with Gasteiger partial charge in [-0.3, -0.25) is 0 Å². The lowest BCUT2D eigenvalue weighted by Crippen LogP contribution is -1.86. The number of hydrogen-bond donors (Lipinski definition) is 0. The van der Waals surface area contributed by atoms with Crippen molar-refractivity contribution in [2.45, 2.75) is 0 Å². The molecule has 0 atom stereocenters. The van der Waals surface area contributed by atoms with Gasteiger partial charge in [-0.1, -0.05) is 146 Å². The highest BCUT2D eigenvalue weighted by Gasteiger charge is 2.13. The maximum absolute atomic E-state index is 4.67. The van der Waals surface area contributed by atoms with Crippen molar-refractivity contribution in [1.82, 2.24) is 8.75 Å². The number of benzene rings is 5. The van der Waals surface area contributed by atoms with E-state index in [1.54, 1.807) is 0 Å². The van der Waals surface area contributed by atoms with E-state index in [1.807, 2.05) is 12.1 Å². The molecule has 5 aromatic carbocycles. The molecule has 0 N–H and O–H groups in total. The lowest BCUT2D eigenvalue weighted by atomic mass is 9.96. The van der Waals surface area contributed by atoms with Gasteiger partial charge < -0.3 is 0 Å². The molecule has 0 aliphatic heterocycles. The first-order chi connectivity index (χ1) is 18.3. The van der Waals surface area contributed by atoms with E-state index >= 15 is 0 Å². The summed E-state index contributed by atoms with van der Waals surface area (Å²) in [5, 5.41) is 0. The van der Waals surface area contributed by atoms with Crippen molar-refractivity contribution >= 4 is 47.1 Å². The summed E-state index contributed by atoms with van der Waals surface area (Å²) >= 11 is 1.27. The number of hydrogen-bond acceptors (Lipinski definition) is 3. The van der Waals surface area contributed by atoms with Crippen molar-refractivity contribution in [3.8, 4) is 22.3 Å². The Hall–Kier alpha value is -4.60. The Morgan fingerprint density at radius 1 is 0.378 bits per heavy atom. The van der Waals surface area contributed by atoms with Crippen LogP contribution in [0.3, 0.4) is 0 Å². The Labute approximate surface area is 221 Å². The molecule has 0 spiro atoms. The summed E-state index contributed by atoms with van der Waals surface area (Å²) in [5.41, 5.74) is 11.1. The monoisotopic (exact) mass is 492 g/mol. The summed E-state index contributed by atoms with van der Waals surface area (Å²) in [6.07, 6.45) is 8.55. The molecule has 37 heavy (non-hydrogen) atoms. The fourth-order valence-corrected chi connectivity index (χ4v) is 4.97. The van der Waals surface area contributed by atoms with Crippen molar-refractivity contribution in [3.63, 3.8) is 0 Å². The highest BCUT2D eigenvalue weighted by molar-refractivity contribution is 7.00. The van der Waals surface area contributed by atoms with Crippen LogP contribution in [0.4, 0.5) is 0 Å². The minimum absolute atomic E-state index is 0.947. The van der Waals surface area contributed by atoms with Gasteiger partial charge in [-0.05, 0) is 33.4 Å². The second kappa shape index (κ2) is 10.6. The van der Waals surface area contributed by atoms with Gasteiger partial charge in [0.25, 0.3) is 0 Å². The maximum Gasteiger partial charge on any atom is 0.113 e. The van der Waals surface area contributed by atoms with Gasteiger partial charge in [-0.2, -0.15) is 8.75 Å². The molecular weight excluding hydrogens is 468 g/mol. The lowest BCUT2D eigenvalue weighted by Gasteiger charge is -2.08. The summed E-state index contributed by atoms with van der Waals surface area (Å²) in [6.45, 7) is 0. The fourth-order valence-electron chi connectivity index (χ4n) is 4.39. The Balaban J connectivity index is 1.25. The average Bonchev–Trinajstić information content (AvgIpc) is 3.47. The zero-order valence-electron chi connectivity index (χ0n) is 20.2. The minimum Gasteiger partial charge on any atom is -0.172 e. The summed E-state index contributed by atoms with van der Waals surface area (Å²) < 4.78 is 9.33. The molecule has 0 radical (unpaired) electrons. The van der Waals surface area contributed by atoms with Crippen LogP contribution in [0.15, 0.2) is 121 Å². The largest absolute Gasteiger partial charge is 0.172 e. The summed E-state index contributed by atoms with van der Waals surface area (Å²) in [4.78, 5) is 0. The fraction of sp³-hybridized carbons (Fsp3) is 0. The van der Waals surface area contributed by atoms with E-state index in [4.69, 9.17) is 0 Å². The molecule has 0 bridgehead atoms. The first-order valence-electron chi connectivity index (χ1n) is 12.3. The molecule has 1 heterocycles. The predicted molar refractivity (Wildman–Crippen MR) is 159 cm³/mol. The molecule has 0 aliphatic rings. The number of nitrogens with zero attached hydrogens (tertiary/aromatic N) is 2. The molecule has 6 aromatic rings. The third-order valence-corrected chi connectivity index (χ3v) is 6.92. The van der Waals surface area contributed by atoms with Gasteiger partial charge in [-0.15, -0.1) is 0 Å². The Morgan fingerprint density at radius 2 is 0.730 bits per heavy atom. The van der Waals surface area contributed by atoms with Crippen molar-refractivity contribution in [2.24, 2.45) is 0 Å². The van der Waals surface area contributed by atoms with Gasteiger partial charge in [0.05, 0.1) is 11.7 Å². The van der Waals surface area contributed by atoms with Gasteiger partial charge in [0.1, 0.15) is 11.0 Å². The Kier molecular flexibility index (Phi) is 6.52. The first kappa shape index (κ1) is 22.8. The van der Waals surface area contributed by atoms with Crippen molar-refractivity contribution in [3.05, 3.63) is 144 Å². The van der Waals surface area contributed by atoms with Gasteiger partial charge >= 0.3 is 0 Å². The van der Waals surface area contributed by atoms with Gasteiger partial charge in [0, 0.05) is 11.1 Å².